The third-order valence-corrected chi connectivity index (χ3v) is 5.60. The van der Waals surface area contributed by atoms with Crippen LogP contribution in [-0.2, 0) is 28.6 Å². The van der Waals surface area contributed by atoms with Crippen molar-refractivity contribution in [3.05, 3.63) is 83.0 Å². The van der Waals surface area contributed by atoms with E-state index in [-0.39, 0.29) is 12.3 Å². The average Bonchev–Trinajstić information content (AvgIpc) is 2.81. The van der Waals surface area contributed by atoms with Crippen LogP contribution in [0, 0.1) is 6.92 Å². The van der Waals surface area contributed by atoms with Gasteiger partial charge in [0.05, 0.1) is 17.7 Å². The summed E-state index contributed by atoms with van der Waals surface area (Å²) in [6, 6.07) is 15.2. The van der Waals surface area contributed by atoms with Crippen molar-refractivity contribution in [2.45, 2.75) is 45.4 Å². The molecule has 3 aromatic rings. The van der Waals surface area contributed by atoms with E-state index in [0.717, 1.165) is 23.3 Å². The number of halogens is 3. The monoisotopic (exact) mass is 500 g/mol. The van der Waals surface area contributed by atoms with Crippen LogP contribution in [0.15, 0.2) is 60.7 Å². The fraction of sp³-hybridized carbons (Fsp3) is 0.296. The van der Waals surface area contributed by atoms with Crippen molar-refractivity contribution in [1.29, 1.82) is 0 Å². The van der Waals surface area contributed by atoms with Crippen LogP contribution in [0.25, 0.3) is 11.3 Å². The minimum atomic E-state index is -4.39. The number of nitrogens with zero attached hydrogens (tertiary/aromatic N) is 1. The number of carbonyl (C=O) groups is 2. The Kier molecular flexibility index (Phi) is 8.02. The third-order valence-electron chi connectivity index (χ3n) is 5.60. The van der Waals surface area contributed by atoms with Gasteiger partial charge in [0.2, 0.25) is 5.91 Å². The van der Waals surface area contributed by atoms with Gasteiger partial charge in [0.25, 0.3) is 0 Å². The number of carboxylic acids is 1. The van der Waals surface area contributed by atoms with Crippen LogP contribution in [0.5, 0.6) is 5.75 Å². The van der Waals surface area contributed by atoms with Crippen molar-refractivity contribution in [1.82, 2.24) is 10.3 Å². The first-order valence-electron chi connectivity index (χ1n) is 11.3. The van der Waals surface area contributed by atoms with Crippen molar-refractivity contribution < 1.29 is 32.6 Å². The van der Waals surface area contributed by atoms with Gasteiger partial charge in [0.15, 0.2) is 5.60 Å². The Morgan fingerprint density at radius 3 is 2.17 bits per heavy atom. The molecule has 0 saturated heterocycles. The number of aromatic nitrogens is 1. The molecular formula is C27H27F3N2O4. The summed E-state index contributed by atoms with van der Waals surface area (Å²) < 4.78 is 43.8. The number of benzene rings is 2. The number of carboxylic acid groups (broad SMARTS) is 1. The molecule has 190 valence electrons. The largest absolute Gasteiger partial charge is 0.478 e. The van der Waals surface area contributed by atoms with Gasteiger partial charge in [-0.1, -0.05) is 30.3 Å². The summed E-state index contributed by atoms with van der Waals surface area (Å²) in [6.45, 7) is 5.11. The van der Waals surface area contributed by atoms with E-state index >= 15 is 0 Å². The zero-order valence-corrected chi connectivity index (χ0v) is 20.1. The van der Waals surface area contributed by atoms with E-state index in [1.807, 2.05) is 12.1 Å². The number of aliphatic carboxylic acids is 1. The predicted molar refractivity (Wildman–Crippen MR) is 129 cm³/mol. The summed E-state index contributed by atoms with van der Waals surface area (Å²) in [5.41, 5.74) is 1.35. The summed E-state index contributed by atoms with van der Waals surface area (Å²) in [6.07, 6.45) is -3.68. The maximum atomic E-state index is 12.8. The molecule has 2 aromatic carbocycles. The number of hydrogen-bond donors (Lipinski definition) is 2. The van der Waals surface area contributed by atoms with Gasteiger partial charge in [-0.2, -0.15) is 13.2 Å². The van der Waals surface area contributed by atoms with Crippen molar-refractivity contribution >= 4 is 11.9 Å². The van der Waals surface area contributed by atoms with E-state index in [9.17, 15) is 22.8 Å². The molecule has 9 heteroatoms. The molecule has 2 N–H and O–H groups in total. The molecule has 1 heterocycles. The second-order valence-corrected chi connectivity index (χ2v) is 8.85. The Bertz CT molecular complexity index is 1220. The fourth-order valence-electron chi connectivity index (χ4n) is 3.41. The van der Waals surface area contributed by atoms with E-state index in [0.29, 0.717) is 35.7 Å². The summed E-state index contributed by atoms with van der Waals surface area (Å²) >= 11 is 0. The van der Waals surface area contributed by atoms with Crippen LogP contribution in [-0.4, -0.2) is 34.1 Å². The molecule has 0 bridgehead atoms. The molecule has 1 aromatic heterocycles. The lowest BCUT2D eigenvalue weighted by molar-refractivity contribution is -0.152. The van der Waals surface area contributed by atoms with E-state index < -0.39 is 23.3 Å². The van der Waals surface area contributed by atoms with Crippen molar-refractivity contribution in [3.8, 4) is 17.0 Å². The molecule has 36 heavy (non-hydrogen) atoms. The number of carbonyl (C=O) groups excluding carboxylic acids is 1. The Balaban J connectivity index is 1.51. The SMILES string of the molecule is Cc1nc(-c2ccc(C(F)(F)F)cc2)ccc1CC(=O)NCCc1ccc(OC(C)(C)C(=O)O)cc1. The molecule has 6 nitrogen and oxygen atoms in total. The standard InChI is InChI=1S/C27H27F3N2O4/c1-17-20(8-13-23(32-17)19-6-9-21(10-7-19)27(28,29)30)16-24(33)31-15-14-18-4-11-22(12-5-18)36-26(2,3)25(34)35/h4-13H,14-16H2,1-3H3,(H,31,33)(H,34,35). The first-order chi connectivity index (χ1) is 16.8. The van der Waals surface area contributed by atoms with Crippen LogP contribution in [0.1, 0.15) is 36.2 Å². The highest BCUT2D eigenvalue weighted by molar-refractivity contribution is 5.79. The molecule has 0 fully saturated rings. The molecule has 3 rings (SSSR count). The minimum absolute atomic E-state index is 0.128. The molecule has 1 amide bonds. The summed E-state index contributed by atoms with van der Waals surface area (Å²) in [7, 11) is 0. The molecule has 0 aliphatic rings. The fourth-order valence-corrected chi connectivity index (χ4v) is 3.41. The zero-order valence-electron chi connectivity index (χ0n) is 20.1. The molecule has 0 unspecified atom stereocenters. The normalized spacial score (nSPS) is 11.7. The summed E-state index contributed by atoms with van der Waals surface area (Å²) in [4.78, 5) is 28.0. The topological polar surface area (TPSA) is 88.5 Å². The highest BCUT2D eigenvalue weighted by Crippen LogP contribution is 2.30. The minimum Gasteiger partial charge on any atom is -0.478 e. The van der Waals surface area contributed by atoms with Gasteiger partial charge in [-0.3, -0.25) is 9.78 Å². The Morgan fingerprint density at radius 2 is 1.61 bits per heavy atom. The smallest absolute Gasteiger partial charge is 0.416 e. The van der Waals surface area contributed by atoms with Crippen LogP contribution < -0.4 is 10.1 Å². The van der Waals surface area contributed by atoms with Crippen molar-refractivity contribution in [3.63, 3.8) is 0 Å². The number of amides is 1. The van der Waals surface area contributed by atoms with Gasteiger partial charge in [0.1, 0.15) is 5.75 Å². The van der Waals surface area contributed by atoms with Gasteiger partial charge in [-0.05, 0) is 68.7 Å². The van der Waals surface area contributed by atoms with E-state index in [1.165, 1.54) is 26.0 Å². The van der Waals surface area contributed by atoms with E-state index in [2.05, 4.69) is 10.3 Å². The predicted octanol–water partition coefficient (Wildman–Crippen LogP) is 5.22. The number of rotatable bonds is 9. The van der Waals surface area contributed by atoms with Gasteiger partial charge in [0, 0.05) is 17.8 Å². The Hall–Kier alpha value is -3.88. The highest BCUT2D eigenvalue weighted by Gasteiger charge is 2.30. The maximum absolute atomic E-state index is 12.8. The van der Waals surface area contributed by atoms with Crippen LogP contribution in [0.4, 0.5) is 13.2 Å². The quantitative estimate of drug-likeness (QED) is 0.421. The molecule has 0 saturated carbocycles. The lowest BCUT2D eigenvalue weighted by atomic mass is 10.0. The van der Waals surface area contributed by atoms with Gasteiger partial charge >= 0.3 is 12.1 Å². The average molecular weight is 501 g/mol. The number of ether oxygens (including phenoxy) is 1. The third kappa shape index (κ3) is 7.07. The Labute approximate surface area is 207 Å². The molecular weight excluding hydrogens is 473 g/mol. The first-order valence-corrected chi connectivity index (χ1v) is 11.3. The Morgan fingerprint density at radius 1 is 0.972 bits per heavy atom. The second-order valence-electron chi connectivity index (χ2n) is 8.85. The summed E-state index contributed by atoms with van der Waals surface area (Å²) in [5, 5.41) is 12.0. The molecule has 0 aliphatic heterocycles. The van der Waals surface area contributed by atoms with E-state index in [4.69, 9.17) is 9.84 Å². The number of pyridine rings is 1. The zero-order chi connectivity index (χ0) is 26.5. The lowest BCUT2D eigenvalue weighted by Gasteiger charge is -2.21. The molecule has 0 spiro atoms. The molecule has 0 aliphatic carbocycles. The number of aryl methyl sites for hydroxylation is 1. The number of nitrogens with one attached hydrogen (secondary N) is 1. The van der Waals surface area contributed by atoms with Crippen molar-refractivity contribution in [2.24, 2.45) is 0 Å². The van der Waals surface area contributed by atoms with Crippen LogP contribution in [0.2, 0.25) is 0 Å². The van der Waals surface area contributed by atoms with Crippen LogP contribution >= 0.6 is 0 Å². The summed E-state index contributed by atoms with van der Waals surface area (Å²) in [5.74, 6) is -0.794. The van der Waals surface area contributed by atoms with Gasteiger partial charge in [-0.25, -0.2) is 4.79 Å². The second kappa shape index (κ2) is 10.8. The number of alkyl halides is 3. The first kappa shape index (κ1) is 26.7. The molecule has 0 radical (unpaired) electrons. The van der Waals surface area contributed by atoms with E-state index in [1.54, 1.807) is 31.2 Å². The van der Waals surface area contributed by atoms with Gasteiger partial charge in [-0.15, -0.1) is 0 Å². The van der Waals surface area contributed by atoms with Crippen molar-refractivity contribution in [2.75, 3.05) is 6.54 Å². The highest BCUT2D eigenvalue weighted by atomic mass is 19.4. The molecule has 0 atom stereocenters. The van der Waals surface area contributed by atoms with Gasteiger partial charge < -0.3 is 15.2 Å². The number of hydrogen-bond acceptors (Lipinski definition) is 4. The lowest BCUT2D eigenvalue weighted by Crippen LogP contribution is -2.37. The maximum Gasteiger partial charge on any atom is 0.416 e. The van der Waals surface area contributed by atoms with Crippen LogP contribution in [0.3, 0.4) is 0 Å².